The number of anilines is 3. The summed E-state index contributed by atoms with van der Waals surface area (Å²) in [7, 11) is 3.56. The molecule has 1 aliphatic rings. The van der Waals surface area contributed by atoms with E-state index in [1.807, 2.05) is 74.1 Å². The number of nitrogens with zero attached hydrogens (tertiary/aromatic N) is 5. The third kappa shape index (κ3) is 5.08. The van der Waals surface area contributed by atoms with Gasteiger partial charge in [-0.15, -0.1) is 0 Å². The highest BCUT2D eigenvalue weighted by molar-refractivity contribution is 6.03. The van der Waals surface area contributed by atoms with E-state index in [-0.39, 0.29) is 25.3 Å². The molecule has 0 fully saturated rings. The number of hydrogen-bond donors (Lipinski definition) is 2. The Morgan fingerprint density at radius 2 is 1.91 bits per heavy atom. The third-order valence-corrected chi connectivity index (χ3v) is 5.61. The van der Waals surface area contributed by atoms with E-state index in [0.29, 0.717) is 24.7 Å². The lowest BCUT2D eigenvalue weighted by molar-refractivity contribution is -0.118. The summed E-state index contributed by atoms with van der Waals surface area (Å²) in [6.45, 7) is 7.16. The van der Waals surface area contributed by atoms with E-state index in [1.54, 1.807) is 7.11 Å². The fraction of sp³-hybridized carbons (Fsp3) is 0.417. The van der Waals surface area contributed by atoms with Crippen molar-refractivity contribution in [3.05, 3.63) is 53.5 Å². The highest BCUT2D eigenvalue weighted by Gasteiger charge is 2.35. The number of aromatic nitrogens is 4. The molecule has 0 radical (unpaired) electrons. The van der Waals surface area contributed by atoms with Crippen LogP contribution in [0.3, 0.4) is 0 Å². The Morgan fingerprint density at radius 3 is 2.58 bits per heavy atom. The quantitative estimate of drug-likeness (QED) is 0.565. The number of benzene rings is 1. The molecule has 1 aromatic carbocycles. The molecule has 1 aliphatic heterocycles. The number of likely N-dealkylation sites (N-methyl/N-ethyl adjacent to an activating group) is 1. The Hall–Kier alpha value is -3.62. The smallest absolute Gasteiger partial charge is 0.247 e. The maximum atomic E-state index is 12.5. The molecule has 3 heterocycles. The molecule has 9 nitrogen and oxygen atoms in total. The molecule has 0 aliphatic carbocycles. The van der Waals surface area contributed by atoms with E-state index >= 15 is 0 Å². The van der Waals surface area contributed by atoms with Crippen LogP contribution in [0.25, 0.3) is 0 Å². The van der Waals surface area contributed by atoms with E-state index in [9.17, 15) is 4.79 Å². The molecule has 9 heteroatoms. The number of nitrogens with one attached hydrogen (secondary N) is 2. The molecule has 176 valence electrons. The van der Waals surface area contributed by atoms with Crippen LogP contribution in [0.15, 0.2) is 36.7 Å². The summed E-state index contributed by atoms with van der Waals surface area (Å²) in [6, 6.07) is 7.69. The first-order valence-corrected chi connectivity index (χ1v) is 10.7. The van der Waals surface area contributed by atoms with E-state index < -0.39 is 0 Å². The number of methoxy groups -OCH3 is 1. The minimum absolute atomic E-state index is 0. The van der Waals surface area contributed by atoms with Gasteiger partial charge in [0, 0.05) is 25.4 Å². The molecule has 4 rings (SSSR count). The summed E-state index contributed by atoms with van der Waals surface area (Å²) in [6.07, 6.45) is 3.84. The first-order chi connectivity index (χ1) is 15.4. The first kappa shape index (κ1) is 24.0. The second kappa shape index (κ2) is 9.89. The van der Waals surface area contributed by atoms with Crippen molar-refractivity contribution in [2.75, 3.05) is 29.7 Å². The van der Waals surface area contributed by atoms with Gasteiger partial charge in [-0.3, -0.25) is 9.48 Å². The van der Waals surface area contributed by atoms with Gasteiger partial charge in [0.05, 0.1) is 25.5 Å². The lowest BCUT2D eigenvalue weighted by atomic mass is 9.99. The highest BCUT2D eigenvalue weighted by atomic mass is 16.5. The molecule has 3 aromatic rings. The normalized spacial score (nSPS) is 15.0. The fourth-order valence-corrected chi connectivity index (χ4v) is 3.98. The average Bonchev–Trinajstić information content (AvgIpc) is 3.21. The van der Waals surface area contributed by atoms with Crippen LogP contribution in [0.1, 0.15) is 38.1 Å². The predicted molar refractivity (Wildman–Crippen MR) is 131 cm³/mol. The summed E-state index contributed by atoms with van der Waals surface area (Å²) in [4.78, 5) is 23.6. The van der Waals surface area contributed by atoms with Crippen LogP contribution in [0, 0.1) is 12.8 Å². The van der Waals surface area contributed by atoms with Crippen molar-refractivity contribution >= 4 is 23.4 Å². The summed E-state index contributed by atoms with van der Waals surface area (Å²) >= 11 is 0. The molecule has 0 saturated carbocycles. The largest absolute Gasteiger partial charge is 0.497 e. The number of ether oxygens (including phenoxy) is 1. The third-order valence-electron chi connectivity index (χ3n) is 5.61. The van der Waals surface area contributed by atoms with Crippen LogP contribution in [-0.4, -0.2) is 45.9 Å². The van der Waals surface area contributed by atoms with E-state index in [1.165, 1.54) is 0 Å². The van der Waals surface area contributed by atoms with Crippen LogP contribution in [0.5, 0.6) is 5.75 Å². The Morgan fingerprint density at radius 1 is 1.18 bits per heavy atom. The summed E-state index contributed by atoms with van der Waals surface area (Å²) < 4.78 is 7.10. The first-order valence-electron chi connectivity index (χ1n) is 10.7. The zero-order valence-corrected chi connectivity index (χ0v) is 19.1. The van der Waals surface area contributed by atoms with Crippen molar-refractivity contribution < 1.29 is 9.53 Å². The molecule has 0 spiro atoms. The van der Waals surface area contributed by atoms with E-state index in [2.05, 4.69) is 25.7 Å². The molecule has 2 N–H and O–H groups in total. The van der Waals surface area contributed by atoms with Gasteiger partial charge in [0.25, 0.3) is 0 Å². The van der Waals surface area contributed by atoms with Gasteiger partial charge in [-0.1, -0.05) is 33.4 Å². The number of amides is 1. The van der Waals surface area contributed by atoms with Crippen LogP contribution in [0.2, 0.25) is 0 Å². The monoisotopic (exact) mass is 451 g/mol. The molecule has 2 aromatic heterocycles. The fourth-order valence-electron chi connectivity index (χ4n) is 3.98. The number of aryl methyl sites for hydroxylation is 1. The van der Waals surface area contributed by atoms with Crippen LogP contribution < -0.4 is 20.3 Å². The summed E-state index contributed by atoms with van der Waals surface area (Å²) in [5.41, 5.74) is 3.58. The Kier molecular flexibility index (Phi) is 7.20. The highest BCUT2D eigenvalue weighted by Crippen LogP contribution is 2.34. The Bertz CT molecular complexity index is 1110. The van der Waals surface area contributed by atoms with Crippen molar-refractivity contribution in [3.8, 4) is 5.75 Å². The maximum Gasteiger partial charge on any atom is 0.247 e. The molecule has 0 unspecified atom stereocenters. The SMILES string of the molecule is C.COc1ccc(Cn2cc(CNc3nc(C)c4c(n3)N(C)[C@@H](C(C)C)C(=O)N4)cn2)cc1. The average molecular weight is 452 g/mol. The van der Waals surface area contributed by atoms with Gasteiger partial charge in [0.1, 0.15) is 17.5 Å². The number of hydrogen-bond acceptors (Lipinski definition) is 7. The van der Waals surface area contributed by atoms with Crippen LogP contribution in [0.4, 0.5) is 17.5 Å². The van der Waals surface area contributed by atoms with E-state index in [4.69, 9.17) is 4.74 Å². The number of carbonyl (C=O) groups excluding carboxylic acids is 1. The van der Waals surface area contributed by atoms with Gasteiger partial charge in [0.15, 0.2) is 5.82 Å². The topological polar surface area (TPSA) is 97.2 Å². The van der Waals surface area contributed by atoms with Crippen molar-refractivity contribution in [1.29, 1.82) is 0 Å². The summed E-state index contributed by atoms with van der Waals surface area (Å²) in [5, 5.41) is 10.7. The molecular weight excluding hydrogens is 418 g/mol. The minimum Gasteiger partial charge on any atom is -0.497 e. The van der Waals surface area contributed by atoms with Gasteiger partial charge in [-0.05, 0) is 30.5 Å². The van der Waals surface area contributed by atoms with Gasteiger partial charge < -0.3 is 20.3 Å². The molecular formula is C24H33N7O2. The molecule has 33 heavy (non-hydrogen) atoms. The van der Waals surface area contributed by atoms with Crippen molar-refractivity contribution in [2.45, 2.75) is 47.3 Å². The van der Waals surface area contributed by atoms with Crippen molar-refractivity contribution in [3.63, 3.8) is 0 Å². The van der Waals surface area contributed by atoms with Gasteiger partial charge >= 0.3 is 0 Å². The Labute approximate surface area is 195 Å². The van der Waals surface area contributed by atoms with Crippen LogP contribution >= 0.6 is 0 Å². The lowest BCUT2D eigenvalue weighted by Crippen LogP contribution is -2.49. The van der Waals surface area contributed by atoms with E-state index in [0.717, 1.165) is 28.4 Å². The van der Waals surface area contributed by atoms with Crippen molar-refractivity contribution in [2.24, 2.45) is 5.92 Å². The van der Waals surface area contributed by atoms with Gasteiger partial charge in [-0.2, -0.15) is 10.1 Å². The zero-order valence-electron chi connectivity index (χ0n) is 19.1. The number of rotatable bonds is 7. The molecule has 0 saturated heterocycles. The standard InChI is InChI=1S/C23H29N7O2.CH4/c1-14(2)20-22(31)27-19-15(3)26-23(28-21(19)29(20)4)24-10-17-11-25-30(13-17)12-16-6-8-18(32-5)9-7-16;/h6-9,11,13-14,20H,10,12H2,1-5H3,(H,27,31)(H,24,26,28);1H4/t20-;/m0./s1. The van der Waals surface area contributed by atoms with Gasteiger partial charge in [-0.25, -0.2) is 4.98 Å². The molecule has 1 amide bonds. The zero-order chi connectivity index (χ0) is 22.8. The second-order valence-electron chi connectivity index (χ2n) is 8.37. The number of fused-ring (bicyclic) bond motifs is 1. The number of carbonyl (C=O) groups is 1. The summed E-state index contributed by atoms with van der Waals surface area (Å²) in [5.74, 6) is 2.23. The van der Waals surface area contributed by atoms with Crippen molar-refractivity contribution in [1.82, 2.24) is 19.7 Å². The lowest BCUT2D eigenvalue weighted by Gasteiger charge is -2.36. The minimum atomic E-state index is -0.263. The van der Waals surface area contributed by atoms with Gasteiger partial charge in [0.2, 0.25) is 11.9 Å². The Balaban J connectivity index is 0.00000306. The van der Waals surface area contributed by atoms with Crippen LogP contribution in [-0.2, 0) is 17.9 Å². The molecule has 1 atom stereocenters. The maximum absolute atomic E-state index is 12.5. The second-order valence-corrected chi connectivity index (χ2v) is 8.37. The predicted octanol–water partition coefficient (Wildman–Crippen LogP) is 3.70. The molecule has 0 bridgehead atoms.